The van der Waals surface area contributed by atoms with Crippen LogP contribution in [0, 0.1) is 5.82 Å². The maximum Gasteiger partial charge on any atom is 0.268 e. The first-order valence-electron chi connectivity index (χ1n) is 10.6. The van der Waals surface area contributed by atoms with Gasteiger partial charge >= 0.3 is 0 Å². The summed E-state index contributed by atoms with van der Waals surface area (Å²) in [5.74, 6) is 1.58. The number of benzene rings is 1. The Hall–Kier alpha value is -2.56. The number of thioether (sulfide) groups is 1. The van der Waals surface area contributed by atoms with Gasteiger partial charge in [-0.05, 0) is 68.6 Å². The third-order valence-corrected chi connectivity index (χ3v) is 7.60. The van der Waals surface area contributed by atoms with Crippen molar-refractivity contribution in [1.82, 2.24) is 29.6 Å². The number of halogens is 1. The van der Waals surface area contributed by atoms with Crippen molar-refractivity contribution in [3.63, 3.8) is 0 Å². The summed E-state index contributed by atoms with van der Waals surface area (Å²) in [4.78, 5) is 22.1. The van der Waals surface area contributed by atoms with Crippen LogP contribution in [0.3, 0.4) is 0 Å². The molecule has 4 heterocycles. The summed E-state index contributed by atoms with van der Waals surface area (Å²) in [5, 5.41) is 11.5. The number of aromatic amines is 1. The Morgan fingerprint density at radius 3 is 2.72 bits per heavy atom. The van der Waals surface area contributed by atoms with Crippen molar-refractivity contribution in [1.29, 1.82) is 0 Å². The number of fused-ring (bicyclic) bond motifs is 1. The van der Waals surface area contributed by atoms with E-state index in [2.05, 4.69) is 32.0 Å². The van der Waals surface area contributed by atoms with E-state index in [1.54, 1.807) is 12.1 Å². The maximum absolute atomic E-state index is 13.6. The SMILES string of the molecule is CC(c1nnc(SCc2nc3ccsc3c(=O)[nH]2)n1-c1ccc(F)cc1)N1CCCCC1. The van der Waals surface area contributed by atoms with E-state index in [1.807, 2.05) is 16.0 Å². The summed E-state index contributed by atoms with van der Waals surface area (Å²) in [6.07, 6.45) is 3.62. The second-order valence-electron chi connectivity index (χ2n) is 7.86. The Kier molecular flexibility index (Phi) is 6.07. The van der Waals surface area contributed by atoms with Gasteiger partial charge in [0, 0.05) is 5.69 Å². The van der Waals surface area contributed by atoms with E-state index in [0.29, 0.717) is 27.0 Å². The molecule has 5 rings (SSSR count). The molecule has 1 saturated heterocycles. The summed E-state index contributed by atoms with van der Waals surface area (Å²) in [7, 11) is 0. The van der Waals surface area contributed by atoms with Crippen LogP contribution in [0.4, 0.5) is 4.39 Å². The third kappa shape index (κ3) is 4.22. The number of nitrogens with one attached hydrogen (secondary N) is 1. The highest BCUT2D eigenvalue weighted by atomic mass is 32.2. The van der Waals surface area contributed by atoms with Gasteiger partial charge in [-0.15, -0.1) is 21.5 Å². The normalized spacial score (nSPS) is 15.9. The fourth-order valence-electron chi connectivity index (χ4n) is 4.07. The van der Waals surface area contributed by atoms with Crippen LogP contribution in [0.15, 0.2) is 45.7 Å². The van der Waals surface area contributed by atoms with Gasteiger partial charge in [0.2, 0.25) is 0 Å². The standard InChI is InChI=1S/C22H23FN6OS2/c1-14(28-10-3-2-4-11-28)20-26-27-22(29(20)16-7-5-15(23)6-8-16)32-13-18-24-17-9-12-31-19(17)21(30)25-18/h5-9,12,14H,2-4,10-11,13H2,1H3,(H,24,25,30). The van der Waals surface area contributed by atoms with Gasteiger partial charge in [-0.3, -0.25) is 14.3 Å². The number of hydrogen-bond acceptors (Lipinski definition) is 7. The predicted molar refractivity (Wildman–Crippen MR) is 125 cm³/mol. The van der Waals surface area contributed by atoms with Crippen molar-refractivity contribution in [2.45, 2.75) is 43.1 Å². The molecule has 1 unspecified atom stereocenters. The molecule has 32 heavy (non-hydrogen) atoms. The smallest absolute Gasteiger partial charge is 0.268 e. The molecular formula is C22H23FN6OS2. The number of H-pyrrole nitrogens is 1. The Balaban J connectivity index is 1.47. The molecule has 0 amide bonds. The molecule has 1 aliphatic rings. The Morgan fingerprint density at radius 2 is 1.94 bits per heavy atom. The lowest BCUT2D eigenvalue weighted by Gasteiger charge is -2.31. The number of piperidine rings is 1. The van der Waals surface area contributed by atoms with Crippen molar-refractivity contribution < 1.29 is 4.39 Å². The summed E-state index contributed by atoms with van der Waals surface area (Å²) < 4.78 is 16.2. The van der Waals surface area contributed by atoms with Crippen LogP contribution in [-0.4, -0.2) is 42.7 Å². The number of aromatic nitrogens is 5. The number of thiophene rings is 1. The molecule has 4 aromatic rings. The molecule has 166 valence electrons. The summed E-state index contributed by atoms with van der Waals surface area (Å²) in [5.41, 5.74) is 1.39. The average molecular weight is 471 g/mol. The number of nitrogens with zero attached hydrogens (tertiary/aromatic N) is 5. The molecule has 1 N–H and O–H groups in total. The lowest BCUT2D eigenvalue weighted by molar-refractivity contribution is 0.167. The topological polar surface area (TPSA) is 79.7 Å². The Morgan fingerprint density at radius 1 is 1.16 bits per heavy atom. The van der Waals surface area contributed by atoms with E-state index < -0.39 is 0 Å². The van der Waals surface area contributed by atoms with Crippen LogP contribution in [0.5, 0.6) is 0 Å². The first-order chi connectivity index (χ1) is 15.6. The van der Waals surface area contributed by atoms with E-state index in [0.717, 1.165) is 24.6 Å². The van der Waals surface area contributed by atoms with Crippen molar-refractivity contribution >= 4 is 33.3 Å². The molecule has 3 aromatic heterocycles. The van der Waals surface area contributed by atoms with Gasteiger partial charge in [0.05, 0.1) is 17.3 Å². The molecule has 1 aliphatic heterocycles. The van der Waals surface area contributed by atoms with E-state index in [-0.39, 0.29) is 17.4 Å². The van der Waals surface area contributed by atoms with Crippen molar-refractivity contribution in [2.24, 2.45) is 0 Å². The van der Waals surface area contributed by atoms with Crippen LogP contribution < -0.4 is 5.56 Å². The quantitative estimate of drug-likeness (QED) is 0.417. The van der Waals surface area contributed by atoms with Crippen LogP contribution in [-0.2, 0) is 5.75 Å². The predicted octanol–water partition coefficient (Wildman–Crippen LogP) is 4.54. The number of hydrogen-bond donors (Lipinski definition) is 1. The molecule has 10 heteroatoms. The van der Waals surface area contributed by atoms with Gasteiger partial charge in [0.15, 0.2) is 11.0 Å². The third-order valence-electron chi connectivity index (χ3n) is 5.76. The maximum atomic E-state index is 13.6. The van der Waals surface area contributed by atoms with Crippen LogP contribution in [0.2, 0.25) is 0 Å². The minimum Gasteiger partial charge on any atom is -0.309 e. The fourth-order valence-corrected chi connectivity index (χ4v) is 5.62. The minimum absolute atomic E-state index is 0.0855. The second kappa shape index (κ2) is 9.13. The monoisotopic (exact) mass is 470 g/mol. The largest absolute Gasteiger partial charge is 0.309 e. The van der Waals surface area contributed by atoms with Crippen LogP contribution in [0.25, 0.3) is 15.9 Å². The van der Waals surface area contributed by atoms with E-state index in [4.69, 9.17) is 0 Å². The van der Waals surface area contributed by atoms with Gasteiger partial charge in [-0.25, -0.2) is 9.37 Å². The molecule has 0 aliphatic carbocycles. The molecule has 0 radical (unpaired) electrons. The number of rotatable bonds is 6. The first-order valence-corrected chi connectivity index (χ1v) is 12.5. The lowest BCUT2D eigenvalue weighted by atomic mass is 10.1. The fraction of sp³-hybridized carbons (Fsp3) is 0.364. The zero-order valence-electron chi connectivity index (χ0n) is 17.6. The summed E-state index contributed by atoms with van der Waals surface area (Å²) in [6, 6.07) is 8.32. The van der Waals surface area contributed by atoms with Gasteiger partial charge in [0.1, 0.15) is 16.3 Å². The van der Waals surface area contributed by atoms with Crippen molar-refractivity contribution in [3.8, 4) is 5.69 Å². The van der Waals surface area contributed by atoms with E-state index in [1.165, 1.54) is 54.5 Å². The zero-order chi connectivity index (χ0) is 22.1. The highest BCUT2D eigenvalue weighted by Crippen LogP contribution is 2.30. The van der Waals surface area contributed by atoms with Crippen LogP contribution >= 0.6 is 23.1 Å². The Labute approximate surface area is 192 Å². The lowest BCUT2D eigenvalue weighted by Crippen LogP contribution is -2.33. The van der Waals surface area contributed by atoms with Crippen molar-refractivity contribution in [2.75, 3.05) is 13.1 Å². The Bertz CT molecular complexity index is 1280. The van der Waals surface area contributed by atoms with Gasteiger partial charge < -0.3 is 4.98 Å². The summed E-state index contributed by atoms with van der Waals surface area (Å²) in [6.45, 7) is 4.21. The average Bonchev–Trinajstić information content (AvgIpc) is 3.46. The molecule has 7 nitrogen and oxygen atoms in total. The molecule has 1 atom stereocenters. The molecule has 0 bridgehead atoms. The van der Waals surface area contributed by atoms with Gasteiger partial charge in [-0.1, -0.05) is 18.2 Å². The second-order valence-corrected chi connectivity index (χ2v) is 9.72. The zero-order valence-corrected chi connectivity index (χ0v) is 19.3. The summed E-state index contributed by atoms with van der Waals surface area (Å²) >= 11 is 2.83. The van der Waals surface area contributed by atoms with Gasteiger partial charge in [-0.2, -0.15) is 0 Å². The van der Waals surface area contributed by atoms with Crippen molar-refractivity contribution in [3.05, 3.63) is 63.5 Å². The van der Waals surface area contributed by atoms with E-state index >= 15 is 0 Å². The molecule has 1 fully saturated rings. The van der Waals surface area contributed by atoms with Crippen LogP contribution in [0.1, 0.15) is 43.9 Å². The van der Waals surface area contributed by atoms with Gasteiger partial charge in [0.25, 0.3) is 5.56 Å². The number of likely N-dealkylation sites (tertiary alicyclic amines) is 1. The minimum atomic E-state index is -0.285. The highest BCUT2D eigenvalue weighted by molar-refractivity contribution is 7.98. The molecule has 0 spiro atoms. The molecule has 1 aromatic carbocycles. The first kappa shape index (κ1) is 21.3. The molecular weight excluding hydrogens is 447 g/mol. The van der Waals surface area contributed by atoms with E-state index in [9.17, 15) is 9.18 Å². The molecule has 0 saturated carbocycles. The highest BCUT2D eigenvalue weighted by Gasteiger charge is 2.25.